The van der Waals surface area contributed by atoms with Crippen molar-refractivity contribution in [1.29, 1.82) is 0 Å². The number of amides is 2. The normalized spacial score (nSPS) is 23.7. The summed E-state index contributed by atoms with van der Waals surface area (Å²) in [5.41, 5.74) is 0. The standard InChI is InChI=1S/C24H36N4O4S/c29-23-17-21(24(30)25-18-20-7-3-1-4-8-20)19-27(23)14-11-26-12-15-28(16-13-26)33(31,32)22-9-5-2-6-10-22/h2,5-6,9-10,20-21H,1,3-4,7-8,11-19H2,(H,25,30). The fraction of sp³-hybridized carbons (Fsp3) is 0.667. The molecule has 1 N–H and O–H groups in total. The van der Waals surface area contributed by atoms with Crippen LogP contribution in [0.25, 0.3) is 0 Å². The third kappa shape index (κ3) is 6.13. The van der Waals surface area contributed by atoms with Crippen LogP contribution in [0.15, 0.2) is 35.2 Å². The lowest BCUT2D eigenvalue weighted by atomic mass is 9.89. The molecule has 1 aliphatic carbocycles. The SMILES string of the molecule is O=C(NCC1CCCCC1)C1CC(=O)N(CCN2CCN(S(=O)(=O)c3ccccc3)CC2)C1. The molecule has 3 fully saturated rings. The minimum absolute atomic E-state index is 0.0103. The molecule has 0 aromatic heterocycles. The number of hydrogen-bond donors (Lipinski definition) is 1. The lowest BCUT2D eigenvalue weighted by Crippen LogP contribution is -2.50. The molecule has 2 aliphatic heterocycles. The van der Waals surface area contributed by atoms with Gasteiger partial charge >= 0.3 is 0 Å². The molecule has 0 radical (unpaired) electrons. The third-order valence-electron chi connectivity index (χ3n) is 7.27. The number of piperazine rings is 1. The van der Waals surface area contributed by atoms with Gasteiger partial charge in [0.2, 0.25) is 21.8 Å². The van der Waals surface area contributed by atoms with Crippen molar-refractivity contribution in [2.75, 3.05) is 52.4 Å². The number of carbonyl (C=O) groups excluding carboxylic acids is 2. The second-order valence-electron chi connectivity index (χ2n) is 9.55. The number of carbonyl (C=O) groups is 2. The van der Waals surface area contributed by atoms with Gasteiger partial charge < -0.3 is 10.2 Å². The van der Waals surface area contributed by atoms with Gasteiger partial charge in [0, 0.05) is 58.8 Å². The molecule has 9 heteroatoms. The van der Waals surface area contributed by atoms with Crippen LogP contribution in [0.5, 0.6) is 0 Å². The van der Waals surface area contributed by atoms with E-state index in [9.17, 15) is 18.0 Å². The van der Waals surface area contributed by atoms with Gasteiger partial charge in [-0.15, -0.1) is 0 Å². The Balaban J connectivity index is 1.18. The van der Waals surface area contributed by atoms with Gasteiger partial charge in [-0.2, -0.15) is 4.31 Å². The number of sulfonamides is 1. The number of benzene rings is 1. The predicted molar refractivity (Wildman–Crippen MR) is 126 cm³/mol. The van der Waals surface area contributed by atoms with E-state index in [1.165, 1.54) is 36.4 Å². The largest absolute Gasteiger partial charge is 0.356 e. The molecule has 3 aliphatic rings. The van der Waals surface area contributed by atoms with Gasteiger partial charge in [-0.25, -0.2) is 8.42 Å². The molecular formula is C24H36N4O4S. The summed E-state index contributed by atoms with van der Waals surface area (Å²) in [7, 11) is -3.46. The van der Waals surface area contributed by atoms with E-state index in [2.05, 4.69) is 10.2 Å². The summed E-state index contributed by atoms with van der Waals surface area (Å²) >= 11 is 0. The maximum atomic E-state index is 12.8. The molecule has 1 aromatic rings. The first-order valence-corrected chi connectivity index (χ1v) is 13.7. The second-order valence-corrected chi connectivity index (χ2v) is 11.5. The van der Waals surface area contributed by atoms with Crippen LogP contribution in [0.3, 0.4) is 0 Å². The Bertz CT molecular complexity index is 910. The molecule has 0 bridgehead atoms. The van der Waals surface area contributed by atoms with E-state index in [0.717, 1.165) is 6.54 Å². The van der Waals surface area contributed by atoms with Crippen LogP contribution in [0.4, 0.5) is 0 Å². The molecule has 1 saturated carbocycles. The van der Waals surface area contributed by atoms with Crippen molar-refractivity contribution in [3.05, 3.63) is 30.3 Å². The van der Waals surface area contributed by atoms with Crippen molar-refractivity contribution in [2.45, 2.75) is 43.4 Å². The molecule has 8 nitrogen and oxygen atoms in total. The molecule has 1 aromatic carbocycles. The van der Waals surface area contributed by atoms with E-state index in [1.54, 1.807) is 29.2 Å². The van der Waals surface area contributed by atoms with E-state index < -0.39 is 10.0 Å². The molecule has 2 saturated heterocycles. The van der Waals surface area contributed by atoms with Gasteiger partial charge in [0.05, 0.1) is 10.8 Å². The fourth-order valence-corrected chi connectivity index (χ4v) is 6.58. The highest BCUT2D eigenvalue weighted by Crippen LogP contribution is 2.24. The maximum absolute atomic E-state index is 12.8. The molecule has 2 amide bonds. The molecule has 0 spiro atoms. The van der Waals surface area contributed by atoms with Crippen LogP contribution in [0, 0.1) is 11.8 Å². The van der Waals surface area contributed by atoms with Gasteiger partial charge in [-0.3, -0.25) is 14.5 Å². The zero-order valence-corrected chi connectivity index (χ0v) is 20.1. The third-order valence-corrected chi connectivity index (χ3v) is 9.19. The summed E-state index contributed by atoms with van der Waals surface area (Å²) < 4.78 is 27.1. The summed E-state index contributed by atoms with van der Waals surface area (Å²) in [4.78, 5) is 29.3. The summed E-state index contributed by atoms with van der Waals surface area (Å²) in [6.07, 6.45) is 6.48. The quantitative estimate of drug-likeness (QED) is 0.615. The summed E-state index contributed by atoms with van der Waals surface area (Å²) in [6.45, 7) is 4.66. The number of nitrogens with one attached hydrogen (secondary N) is 1. The van der Waals surface area contributed by atoms with Gasteiger partial charge in [0.1, 0.15) is 0 Å². The highest BCUT2D eigenvalue weighted by Gasteiger charge is 2.35. The van der Waals surface area contributed by atoms with E-state index in [1.807, 2.05) is 6.07 Å². The zero-order chi connectivity index (χ0) is 23.3. The minimum Gasteiger partial charge on any atom is -0.356 e. The number of likely N-dealkylation sites (tertiary alicyclic amines) is 1. The lowest BCUT2D eigenvalue weighted by molar-refractivity contribution is -0.129. The number of nitrogens with zero attached hydrogens (tertiary/aromatic N) is 3. The van der Waals surface area contributed by atoms with E-state index in [0.29, 0.717) is 63.0 Å². The van der Waals surface area contributed by atoms with E-state index in [4.69, 9.17) is 0 Å². The van der Waals surface area contributed by atoms with Crippen molar-refractivity contribution < 1.29 is 18.0 Å². The monoisotopic (exact) mass is 476 g/mol. The van der Waals surface area contributed by atoms with Crippen molar-refractivity contribution >= 4 is 21.8 Å². The summed E-state index contributed by atoms with van der Waals surface area (Å²) in [5, 5.41) is 3.08. The Hall–Kier alpha value is -1.97. The van der Waals surface area contributed by atoms with Crippen LogP contribution >= 0.6 is 0 Å². The van der Waals surface area contributed by atoms with Gasteiger partial charge in [-0.05, 0) is 30.9 Å². The van der Waals surface area contributed by atoms with Crippen molar-refractivity contribution in [1.82, 2.24) is 19.4 Å². The lowest BCUT2D eigenvalue weighted by Gasteiger charge is -2.34. The van der Waals surface area contributed by atoms with Crippen LogP contribution in [-0.4, -0.2) is 86.7 Å². The predicted octanol–water partition coefficient (Wildman–Crippen LogP) is 1.54. The average molecular weight is 477 g/mol. The summed E-state index contributed by atoms with van der Waals surface area (Å²) in [6, 6.07) is 8.53. The van der Waals surface area contributed by atoms with Crippen LogP contribution in [0.1, 0.15) is 38.5 Å². The Morgan fingerprint density at radius 1 is 0.970 bits per heavy atom. The van der Waals surface area contributed by atoms with Crippen LogP contribution in [0.2, 0.25) is 0 Å². The Labute approximate surface area is 197 Å². The Kier molecular flexibility index (Phi) is 8.03. The van der Waals surface area contributed by atoms with E-state index in [-0.39, 0.29) is 17.7 Å². The maximum Gasteiger partial charge on any atom is 0.243 e. The zero-order valence-electron chi connectivity index (χ0n) is 19.3. The molecule has 4 rings (SSSR count). The molecule has 2 heterocycles. The fourth-order valence-electron chi connectivity index (χ4n) is 5.14. The molecule has 33 heavy (non-hydrogen) atoms. The first kappa shape index (κ1) is 24.2. The summed E-state index contributed by atoms with van der Waals surface area (Å²) in [5.74, 6) is 0.378. The Morgan fingerprint density at radius 2 is 1.67 bits per heavy atom. The topological polar surface area (TPSA) is 90.0 Å². The first-order valence-electron chi connectivity index (χ1n) is 12.3. The second kappa shape index (κ2) is 11.0. The first-order chi connectivity index (χ1) is 15.9. The van der Waals surface area contributed by atoms with Crippen molar-refractivity contribution in [3.63, 3.8) is 0 Å². The van der Waals surface area contributed by atoms with Gasteiger partial charge in [0.15, 0.2) is 0 Å². The van der Waals surface area contributed by atoms with E-state index >= 15 is 0 Å². The molecule has 1 atom stereocenters. The highest BCUT2D eigenvalue weighted by molar-refractivity contribution is 7.89. The molecule has 182 valence electrons. The minimum atomic E-state index is -3.46. The van der Waals surface area contributed by atoms with Gasteiger partial charge in [0.25, 0.3) is 0 Å². The van der Waals surface area contributed by atoms with Crippen LogP contribution < -0.4 is 5.32 Å². The smallest absolute Gasteiger partial charge is 0.243 e. The highest BCUT2D eigenvalue weighted by atomic mass is 32.2. The Morgan fingerprint density at radius 3 is 2.36 bits per heavy atom. The molecular weight excluding hydrogens is 440 g/mol. The van der Waals surface area contributed by atoms with Crippen molar-refractivity contribution in [3.8, 4) is 0 Å². The number of rotatable bonds is 8. The molecule has 1 unspecified atom stereocenters. The number of hydrogen-bond acceptors (Lipinski definition) is 5. The average Bonchev–Trinajstić information content (AvgIpc) is 3.23. The van der Waals surface area contributed by atoms with Crippen molar-refractivity contribution in [2.24, 2.45) is 11.8 Å². The van der Waals surface area contributed by atoms with Crippen LogP contribution in [-0.2, 0) is 19.6 Å². The van der Waals surface area contributed by atoms with Gasteiger partial charge in [-0.1, -0.05) is 37.5 Å².